The van der Waals surface area contributed by atoms with E-state index in [0.29, 0.717) is 19.0 Å². The van der Waals surface area contributed by atoms with Crippen molar-refractivity contribution in [1.29, 1.82) is 0 Å². The Balaban J connectivity index is 2.23. The van der Waals surface area contributed by atoms with Gasteiger partial charge >= 0.3 is 5.51 Å². The number of thioether (sulfide) groups is 1. The Labute approximate surface area is 110 Å². The fourth-order valence-electron chi connectivity index (χ4n) is 1.49. The normalized spacial score (nSPS) is 12.1. The summed E-state index contributed by atoms with van der Waals surface area (Å²) in [5, 5.41) is 3.00. The van der Waals surface area contributed by atoms with Gasteiger partial charge in [-0.05, 0) is 28.8 Å². The number of halogens is 3. The third-order valence-corrected chi connectivity index (χ3v) is 3.26. The fraction of sp³-hybridized carbons (Fsp3) is 0.538. The lowest BCUT2D eigenvalue weighted by molar-refractivity contribution is -0.0327. The Morgan fingerprint density at radius 3 is 2.28 bits per heavy atom. The van der Waals surface area contributed by atoms with Crippen LogP contribution in [-0.4, -0.2) is 17.8 Å². The van der Waals surface area contributed by atoms with Gasteiger partial charge in [-0.25, -0.2) is 0 Å². The highest BCUT2D eigenvalue weighted by atomic mass is 32.2. The summed E-state index contributed by atoms with van der Waals surface area (Å²) in [6.07, 6.45) is 0. The topological polar surface area (TPSA) is 12.0 Å². The molecule has 1 rings (SSSR count). The number of alkyl halides is 3. The summed E-state index contributed by atoms with van der Waals surface area (Å²) in [6.45, 7) is 5.22. The second-order valence-electron chi connectivity index (χ2n) is 4.37. The summed E-state index contributed by atoms with van der Waals surface area (Å²) in [5.41, 5.74) is -1.76. The Morgan fingerprint density at radius 1 is 1.17 bits per heavy atom. The van der Waals surface area contributed by atoms with Gasteiger partial charge in [0.25, 0.3) is 0 Å². The van der Waals surface area contributed by atoms with Gasteiger partial charge in [-0.2, -0.15) is 13.2 Å². The molecule has 0 fully saturated rings. The second kappa shape index (κ2) is 7.04. The van der Waals surface area contributed by atoms with E-state index in [4.69, 9.17) is 0 Å². The molecule has 0 bridgehead atoms. The van der Waals surface area contributed by atoms with Crippen molar-refractivity contribution in [2.45, 2.75) is 31.8 Å². The van der Waals surface area contributed by atoms with E-state index in [1.165, 1.54) is 5.56 Å². The fourth-order valence-corrected chi connectivity index (χ4v) is 1.97. The van der Waals surface area contributed by atoms with E-state index in [-0.39, 0.29) is 17.5 Å². The zero-order valence-electron chi connectivity index (χ0n) is 10.6. The number of hydrogen-bond donors (Lipinski definition) is 1. The Bertz CT molecular complexity index is 346. The van der Waals surface area contributed by atoms with Crippen LogP contribution in [0.5, 0.6) is 0 Å². The van der Waals surface area contributed by atoms with Gasteiger partial charge < -0.3 is 5.32 Å². The van der Waals surface area contributed by atoms with Crippen LogP contribution in [0.4, 0.5) is 13.2 Å². The van der Waals surface area contributed by atoms with Gasteiger partial charge in [0.2, 0.25) is 0 Å². The maximum Gasteiger partial charge on any atom is 0.441 e. The number of nitrogens with one attached hydrogen (secondary N) is 1. The molecular formula is C13H18F3NS. The molecule has 0 aliphatic carbocycles. The van der Waals surface area contributed by atoms with Crippen molar-refractivity contribution in [1.82, 2.24) is 5.32 Å². The molecule has 0 spiro atoms. The summed E-state index contributed by atoms with van der Waals surface area (Å²) in [5.74, 6) is 0.545. The first-order valence-corrected chi connectivity index (χ1v) is 6.87. The quantitative estimate of drug-likeness (QED) is 0.784. The van der Waals surface area contributed by atoms with Crippen LogP contribution in [0.2, 0.25) is 0 Å². The van der Waals surface area contributed by atoms with Gasteiger partial charge in [0.1, 0.15) is 0 Å². The SMILES string of the molecule is CC(C)c1ccc(CNCCSC(F)(F)F)cc1. The summed E-state index contributed by atoms with van der Waals surface area (Å²) < 4.78 is 35.6. The highest BCUT2D eigenvalue weighted by Gasteiger charge is 2.27. The van der Waals surface area contributed by atoms with Crippen molar-refractivity contribution in [2.75, 3.05) is 12.3 Å². The van der Waals surface area contributed by atoms with Crippen LogP contribution in [0, 0.1) is 0 Å². The summed E-state index contributed by atoms with van der Waals surface area (Å²) >= 11 is 0.0126. The molecular weight excluding hydrogens is 259 g/mol. The highest BCUT2D eigenvalue weighted by Crippen LogP contribution is 2.29. The van der Waals surface area contributed by atoms with Crippen molar-refractivity contribution in [3.05, 3.63) is 35.4 Å². The molecule has 0 saturated heterocycles. The molecule has 1 aromatic rings. The molecule has 0 atom stereocenters. The minimum atomic E-state index is -4.12. The van der Waals surface area contributed by atoms with E-state index >= 15 is 0 Å². The van der Waals surface area contributed by atoms with E-state index in [2.05, 4.69) is 31.3 Å². The van der Waals surface area contributed by atoms with Crippen molar-refractivity contribution in [3.63, 3.8) is 0 Å². The first-order chi connectivity index (χ1) is 8.38. The zero-order valence-corrected chi connectivity index (χ0v) is 11.4. The first-order valence-electron chi connectivity index (χ1n) is 5.89. The number of rotatable bonds is 6. The Morgan fingerprint density at radius 2 is 1.78 bits per heavy atom. The van der Waals surface area contributed by atoms with E-state index < -0.39 is 5.51 Å². The van der Waals surface area contributed by atoms with Crippen molar-refractivity contribution < 1.29 is 13.2 Å². The molecule has 1 nitrogen and oxygen atoms in total. The van der Waals surface area contributed by atoms with Gasteiger partial charge in [-0.1, -0.05) is 38.1 Å². The third kappa shape index (κ3) is 6.31. The molecule has 5 heteroatoms. The summed E-state index contributed by atoms with van der Waals surface area (Å²) in [4.78, 5) is 0. The van der Waals surface area contributed by atoms with Crippen LogP contribution in [0.15, 0.2) is 24.3 Å². The average Bonchev–Trinajstić information content (AvgIpc) is 2.27. The molecule has 1 N–H and O–H groups in total. The molecule has 0 aromatic heterocycles. The van der Waals surface area contributed by atoms with E-state index in [9.17, 15) is 13.2 Å². The van der Waals surface area contributed by atoms with Gasteiger partial charge in [-0.15, -0.1) is 0 Å². The predicted octanol–water partition coefficient (Wildman–Crippen LogP) is 4.15. The molecule has 0 saturated carbocycles. The lowest BCUT2D eigenvalue weighted by Gasteiger charge is -2.09. The molecule has 0 aliphatic heterocycles. The van der Waals surface area contributed by atoms with Crippen LogP contribution in [-0.2, 0) is 6.54 Å². The van der Waals surface area contributed by atoms with Crippen LogP contribution >= 0.6 is 11.8 Å². The zero-order chi connectivity index (χ0) is 13.6. The predicted molar refractivity (Wildman–Crippen MR) is 70.8 cm³/mol. The molecule has 0 unspecified atom stereocenters. The first kappa shape index (κ1) is 15.4. The maximum absolute atomic E-state index is 11.9. The van der Waals surface area contributed by atoms with Crippen molar-refractivity contribution in [3.8, 4) is 0 Å². The van der Waals surface area contributed by atoms with Crippen LogP contribution in [0.1, 0.15) is 30.9 Å². The van der Waals surface area contributed by atoms with Crippen molar-refractivity contribution >= 4 is 11.8 Å². The Kier molecular flexibility index (Phi) is 6.02. The van der Waals surface area contributed by atoms with Crippen LogP contribution in [0.25, 0.3) is 0 Å². The van der Waals surface area contributed by atoms with E-state index in [1.807, 2.05) is 12.1 Å². The van der Waals surface area contributed by atoms with Crippen molar-refractivity contribution in [2.24, 2.45) is 0 Å². The molecule has 102 valence electrons. The highest BCUT2D eigenvalue weighted by molar-refractivity contribution is 8.00. The maximum atomic E-state index is 11.9. The molecule has 18 heavy (non-hydrogen) atoms. The number of benzene rings is 1. The van der Waals surface area contributed by atoms with E-state index in [0.717, 1.165) is 5.56 Å². The second-order valence-corrected chi connectivity index (χ2v) is 5.53. The molecule has 0 aliphatic rings. The van der Waals surface area contributed by atoms with Gasteiger partial charge in [-0.3, -0.25) is 0 Å². The van der Waals surface area contributed by atoms with Crippen LogP contribution < -0.4 is 5.32 Å². The van der Waals surface area contributed by atoms with Gasteiger partial charge in [0.15, 0.2) is 0 Å². The smallest absolute Gasteiger partial charge is 0.312 e. The third-order valence-electron chi connectivity index (χ3n) is 2.52. The summed E-state index contributed by atoms with van der Waals surface area (Å²) in [7, 11) is 0. The van der Waals surface area contributed by atoms with Gasteiger partial charge in [0.05, 0.1) is 0 Å². The molecule has 0 heterocycles. The molecule has 0 amide bonds. The Hall–Kier alpha value is -0.680. The lowest BCUT2D eigenvalue weighted by atomic mass is 10.0. The van der Waals surface area contributed by atoms with E-state index in [1.54, 1.807) is 0 Å². The number of hydrogen-bond acceptors (Lipinski definition) is 2. The average molecular weight is 277 g/mol. The van der Waals surface area contributed by atoms with Gasteiger partial charge in [0, 0.05) is 18.8 Å². The minimum Gasteiger partial charge on any atom is -0.312 e. The standard InChI is InChI=1S/C13H18F3NS/c1-10(2)12-5-3-11(4-6-12)9-17-7-8-18-13(14,15)16/h3-6,10,17H,7-9H2,1-2H3. The minimum absolute atomic E-state index is 0.0126. The largest absolute Gasteiger partial charge is 0.441 e. The summed E-state index contributed by atoms with van der Waals surface area (Å²) in [6, 6.07) is 8.15. The monoisotopic (exact) mass is 277 g/mol. The molecule has 1 aromatic carbocycles. The molecule has 0 radical (unpaired) electrons. The van der Waals surface area contributed by atoms with Crippen LogP contribution in [0.3, 0.4) is 0 Å². The lowest BCUT2D eigenvalue weighted by Crippen LogP contribution is -2.18.